The lowest BCUT2D eigenvalue weighted by atomic mass is 9.96. The molecule has 1 saturated carbocycles. The molecular weight excluding hydrogens is 482 g/mol. The summed E-state index contributed by atoms with van der Waals surface area (Å²) >= 11 is 0. The third-order valence-corrected chi connectivity index (χ3v) is 7.04. The highest BCUT2D eigenvalue weighted by atomic mass is 16.5. The van der Waals surface area contributed by atoms with E-state index in [9.17, 15) is 14.4 Å². The molecule has 4 rings (SSSR count). The molecule has 1 N–H and O–H groups in total. The highest BCUT2D eigenvalue weighted by molar-refractivity contribution is 5.84. The molecule has 0 bridgehead atoms. The topological polar surface area (TPSA) is 92.1 Å². The van der Waals surface area contributed by atoms with Crippen LogP contribution in [-0.2, 0) is 22.6 Å². The monoisotopic (exact) mass is 519 g/mol. The van der Waals surface area contributed by atoms with Gasteiger partial charge in [0.25, 0.3) is 0 Å². The molecule has 0 saturated heterocycles. The molecule has 0 spiro atoms. The Hall–Kier alpha value is -3.65. The molecule has 38 heavy (non-hydrogen) atoms. The number of carbonyl (C=O) groups is 2. The Labute approximate surface area is 223 Å². The molecule has 0 aliphatic heterocycles. The predicted molar refractivity (Wildman–Crippen MR) is 147 cm³/mol. The van der Waals surface area contributed by atoms with Crippen molar-refractivity contribution in [3.63, 3.8) is 0 Å². The predicted octanol–water partition coefficient (Wildman–Crippen LogP) is 4.62. The molecule has 3 aromatic rings. The van der Waals surface area contributed by atoms with E-state index in [4.69, 9.17) is 9.15 Å². The molecule has 3 amide bonds. The molecule has 0 atom stereocenters. The number of fused-ring (bicyclic) bond motifs is 1. The van der Waals surface area contributed by atoms with Crippen molar-refractivity contribution in [1.82, 2.24) is 15.1 Å². The number of benzene rings is 2. The van der Waals surface area contributed by atoms with Crippen molar-refractivity contribution >= 4 is 22.9 Å². The van der Waals surface area contributed by atoms with Gasteiger partial charge < -0.3 is 24.3 Å². The lowest BCUT2D eigenvalue weighted by Gasteiger charge is -2.30. The van der Waals surface area contributed by atoms with Crippen molar-refractivity contribution in [3.8, 4) is 0 Å². The first kappa shape index (κ1) is 27.4. The quantitative estimate of drug-likeness (QED) is 0.422. The van der Waals surface area contributed by atoms with Crippen LogP contribution in [0.1, 0.15) is 48.8 Å². The average molecular weight is 520 g/mol. The minimum Gasteiger partial charge on any atom is -0.464 e. The van der Waals surface area contributed by atoms with E-state index in [0.29, 0.717) is 29.7 Å². The summed E-state index contributed by atoms with van der Waals surface area (Å²) in [5, 5.41) is 3.59. The summed E-state index contributed by atoms with van der Waals surface area (Å²) in [7, 11) is 1.57. The first-order chi connectivity index (χ1) is 18.4. The molecule has 8 nitrogen and oxygen atoms in total. The molecule has 202 valence electrons. The van der Waals surface area contributed by atoms with Gasteiger partial charge in [-0.15, -0.1) is 0 Å². The normalized spacial score (nSPS) is 13.8. The van der Waals surface area contributed by atoms with Crippen LogP contribution in [0.2, 0.25) is 0 Å². The second-order valence-electron chi connectivity index (χ2n) is 10.0. The van der Waals surface area contributed by atoms with Gasteiger partial charge in [-0.3, -0.25) is 9.59 Å². The molecule has 8 heteroatoms. The van der Waals surface area contributed by atoms with Crippen molar-refractivity contribution in [3.05, 3.63) is 81.7 Å². The van der Waals surface area contributed by atoms with Crippen molar-refractivity contribution in [2.75, 3.05) is 26.8 Å². The van der Waals surface area contributed by atoms with E-state index in [1.54, 1.807) is 24.1 Å². The van der Waals surface area contributed by atoms with Crippen molar-refractivity contribution in [2.24, 2.45) is 0 Å². The summed E-state index contributed by atoms with van der Waals surface area (Å²) in [5.41, 5.74) is 2.62. The van der Waals surface area contributed by atoms with Gasteiger partial charge in [0.15, 0.2) is 5.43 Å². The largest absolute Gasteiger partial charge is 0.464 e. The number of hydrogen-bond donors (Lipinski definition) is 1. The van der Waals surface area contributed by atoms with Gasteiger partial charge in [0.2, 0.25) is 5.91 Å². The number of nitrogens with zero attached hydrogens (tertiary/aromatic N) is 2. The number of hydrogen-bond acceptors (Lipinski definition) is 5. The number of amides is 3. The lowest BCUT2D eigenvalue weighted by molar-refractivity contribution is -0.133. The third kappa shape index (κ3) is 7.22. The first-order valence-corrected chi connectivity index (χ1v) is 13.3. The number of rotatable bonds is 10. The van der Waals surface area contributed by atoms with Gasteiger partial charge in [0.1, 0.15) is 12.1 Å². The second kappa shape index (κ2) is 13.2. The summed E-state index contributed by atoms with van der Waals surface area (Å²) in [6, 6.07) is 14.9. The Morgan fingerprint density at radius 3 is 2.53 bits per heavy atom. The minimum absolute atomic E-state index is 0.0717. The van der Waals surface area contributed by atoms with Gasteiger partial charge in [-0.2, -0.15) is 0 Å². The van der Waals surface area contributed by atoms with E-state index in [0.717, 1.165) is 36.8 Å². The zero-order valence-electron chi connectivity index (χ0n) is 22.3. The molecule has 1 aromatic heterocycles. The third-order valence-electron chi connectivity index (χ3n) is 7.04. The van der Waals surface area contributed by atoms with E-state index in [1.807, 2.05) is 43.3 Å². The maximum atomic E-state index is 13.7. The van der Waals surface area contributed by atoms with Gasteiger partial charge in [0, 0.05) is 26.2 Å². The number of aryl methyl sites for hydroxylation is 1. The summed E-state index contributed by atoms with van der Waals surface area (Å²) in [5.74, 6) is -0.257. The van der Waals surface area contributed by atoms with Gasteiger partial charge in [0.05, 0.1) is 30.4 Å². The Kier molecular flexibility index (Phi) is 9.54. The Balaban J connectivity index is 1.56. The van der Waals surface area contributed by atoms with Crippen LogP contribution in [0.3, 0.4) is 0 Å². The summed E-state index contributed by atoms with van der Waals surface area (Å²) in [4.78, 5) is 43.2. The number of methoxy groups -OCH3 is 1. The van der Waals surface area contributed by atoms with Gasteiger partial charge >= 0.3 is 6.03 Å². The number of ether oxygens (including phenoxy) is 1. The van der Waals surface area contributed by atoms with Crippen LogP contribution in [0.15, 0.2) is 64.0 Å². The zero-order valence-corrected chi connectivity index (χ0v) is 22.3. The maximum absolute atomic E-state index is 13.7. The molecule has 1 fully saturated rings. The molecular formula is C30H37N3O5. The number of carbonyl (C=O) groups excluding carboxylic acids is 2. The van der Waals surface area contributed by atoms with Crippen LogP contribution >= 0.6 is 0 Å². The first-order valence-electron chi connectivity index (χ1n) is 13.3. The van der Waals surface area contributed by atoms with Crippen LogP contribution < -0.4 is 10.7 Å². The van der Waals surface area contributed by atoms with Gasteiger partial charge in [-0.1, -0.05) is 61.2 Å². The highest BCUT2D eigenvalue weighted by Gasteiger charge is 2.25. The van der Waals surface area contributed by atoms with E-state index >= 15 is 0 Å². The lowest BCUT2D eigenvalue weighted by Crippen LogP contribution is -2.50. The van der Waals surface area contributed by atoms with Gasteiger partial charge in [-0.05, 0) is 37.5 Å². The van der Waals surface area contributed by atoms with E-state index < -0.39 is 0 Å². The summed E-state index contributed by atoms with van der Waals surface area (Å²) < 4.78 is 10.9. The van der Waals surface area contributed by atoms with Crippen LogP contribution in [0.5, 0.6) is 0 Å². The Bertz CT molecular complexity index is 1280. The van der Waals surface area contributed by atoms with E-state index in [-0.39, 0.29) is 43.0 Å². The fourth-order valence-corrected chi connectivity index (χ4v) is 4.87. The van der Waals surface area contributed by atoms with Crippen LogP contribution in [0, 0.1) is 6.92 Å². The van der Waals surface area contributed by atoms with E-state index in [1.165, 1.54) is 17.6 Å². The van der Waals surface area contributed by atoms with Crippen molar-refractivity contribution < 1.29 is 18.7 Å². The molecule has 1 heterocycles. The Morgan fingerprint density at radius 1 is 1.03 bits per heavy atom. The number of nitrogens with one attached hydrogen (secondary N) is 1. The average Bonchev–Trinajstić information content (AvgIpc) is 2.93. The standard InChI is InChI=1S/C30H37N3O5/c1-22-13-14-27-26(17-22)29(35)24(21-38-27)19-33(18-23-9-5-3-6-10-23)28(34)20-32(15-16-37-2)30(36)31-25-11-7-4-8-12-25/h3,5-6,9-10,13-14,17,21,25H,4,7-8,11-12,15-16,18-20H2,1-2H3,(H,31,36). The Morgan fingerprint density at radius 2 is 1.79 bits per heavy atom. The molecule has 0 radical (unpaired) electrons. The van der Waals surface area contributed by atoms with Crippen molar-refractivity contribution in [1.29, 1.82) is 0 Å². The molecule has 0 unspecified atom stereocenters. The van der Waals surface area contributed by atoms with Gasteiger partial charge in [-0.25, -0.2) is 4.79 Å². The highest BCUT2D eigenvalue weighted by Crippen LogP contribution is 2.18. The van der Waals surface area contributed by atoms with Crippen LogP contribution in [0.4, 0.5) is 4.79 Å². The van der Waals surface area contributed by atoms with Crippen molar-refractivity contribution in [2.45, 2.75) is 58.2 Å². The second-order valence-corrected chi connectivity index (χ2v) is 10.0. The van der Waals surface area contributed by atoms with Crippen LogP contribution in [-0.4, -0.2) is 54.6 Å². The fraction of sp³-hybridized carbons (Fsp3) is 0.433. The SMILES string of the molecule is COCCN(CC(=O)N(Cc1ccccc1)Cc1coc2ccc(C)cc2c1=O)C(=O)NC1CCCCC1. The van der Waals surface area contributed by atoms with E-state index in [2.05, 4.69) is 5.32 Å². The molecule has 2 aromatic carbocycles. The zero-order chi connectivity index (χ0) is 26.9. The minimum atomic E-state index is -0.261. The smallest absolute Gasteiger partial charge is 0.318 e. The summed E-state index contributed by atoms with van der Waals surface area (Å²) in [6.07, 6.45) is 6.73. The number of urea groups is 1. The van der Waals surface area contributed by atoms with Crippen LogP contribution in [0.25, 0.3) is 11.0 Å². The maximum Gasteiger partial charge on any atom is 0.318 e. The summed E-state index contributed by atoms with van der Waals surface area (Å²) in [6.45, 7) is 2.78. The molecule has 1 aliphatic rings. The fourth-order valence-electron chi connectivity index (χ4n) is 4.87. The molecule has 1 aliphatic carbocycles.